The van der Waals surface area contributed by atoms with Gasteiger partial charge in [-0.05, 0) is 58.0 Å². The van der Waals surface area contributed by atoms with Gasteiger partial charge in [0.2, 0.25) is 5.91 Å². The average Bonchev–Trinajstić information content (AvgIpc) is 2.57. The summed E-state index contributed by atoms with van der Waals surface area (Å²) in [7, 11) is 0. The van der Waals surface area contributed by atoms with Crippen molar-refractivity contribution in [2.75, 3.05) is 38.1 Å². The Balaban J connectivity index is 0.00000288. The molecule has 1 aliphatic rings. The maximum Gasteiger partial charge on any atom is 0.238 e. The summed E-state index contributed by atoms with van der Waals surface area (Å²) >= 11 is 0. The van der Waals surface area contributed by atoms with Crippen molar-refractivity contribution in [2.24, 2.45) is 0 Å². The fourth-order valence-corrected chi connectivity index (χ4v) is 3.08. The van der Waals surface area contributed by atoms with Crippen LogP contribution in [0.4, 0.5) is 5.69 Å². The van der Waals surface area contributed by atoms with Crippen LogP contribution in [0.5, 0.6) is 5.75 Å². The number of anilines is 1. The van der Waals surface area contributed by atoms with Gasteiger partial charge < -0.3 is 15.4 Å². The Morgan fingerprint density at radius 1 is 1.29 bits per heavy atom. The van der Waals surface area contributed by atoms with Crippen molar-refractivity contribution in [1.82, 2.24) is 10.2 Å². The van der Waals surface area contributed by atoms with Crippen molar-refractivity contribution in [3.63, 3.8) is 0 Å². The monoisotopic (exact) mass is 355 g/mol. The Bertz CT molecular complexity index is 493. The fourth-order valence-electron chi connectivity index (χ4n) is 3.08. The van der Waals surface area contributed by atoms with Crippen molar-refractivity contribution in [1.29, 1.82) is 0 Å². The van der Waals surface area contributed by atoms with Crippen molar-refractivity contribution in [3.8, 4) is 5.75 Å². The molecule has 0 aromatic heterocycles. The first kappa shape index (κ1) is 20.7. The van der Waals surface area contributed by atoms with Crippen molar-refractivity contribution >= 4 is 24.0 Å². The largest absolute Gasteiger partial charge is 0.492 e. The van der Waals surface area contributed by atoms with E-state index in [0.717, 1.165) is 50.3 Å². The second-order valence-corrected chi connectivity index (χ2v) is 5.93. The normalized spacial score (nSPS) is 15.0. The lowest BCUT2D eigenvalue weighted by atomic mass is 10.0. The van der Waals surface area contributed by atoms with E-state index < -0.39 is 0 Å². The summed E-state index contributed by atoms with van der Waals surface area (Å²) in [4.78, 5) is 14.8. The highest BCUT2D eigenvalue weighted by molar-refractivity contribution is 5.93. The van der Waals surface area contributed by atoms with Gasteiger partial charge in [0.05, 0.1) is 18.8 Å². The highest BCUT2D eigenvalue weighted by atomic mass is 35.5. The molecule has 0 radical (unpaired) electrons. The van der Waals surface area contributed by atoms with E-state index >= 15 is 0 Å². The van der Waals surface area contributed by atoms with E-state index in [4.69, 9.17) is 4.74 Å². The zero-order chi connectivity index (χ0) is 16.5. The summed E-state index contributed by atoms with van der Waals surface area (Å²) in [6.45, 7) is 8.18. The number of hydrogen-bond acceptors (Lipinski definition) is 4. The molecule has 1 aliphatic heterocycles. The summed E-state index contributed by atoms with van der Waals surface area (Å²) in [5, 5.41) is 6.38. The van der Waals surface area contributed by atoms with Gasteiger partial charge in [-0.3, -0.25) is 9.69 Å². The Kier molecular flexibility index (Phi) is 9.76. The molecule has 0 aliphatic carbocycles. The van der Waals surface area contributed by atoms with E-state index in [1.807, 2.05) is 31.2 Å². The number of nitrogens with zero attached hydrogens (tertiary/aromatic N) is 1. The molecule has 1 aromatic rings. The van der Waals surface area contributed by atoms with Crippen LogP contribution >= 0.6 is 12.4 Å². The van der Waals surface area contributed by atoms with E-state index in [9.17, 15) is 4.79 Å². The van der Waals surface area contributed by atoms with Crippen LogP contribution in [0.25, 0.3) is 0 Å². The predicted octanol–water partition coefficient (Wildman–Crippen LogP) is 2.91. The second kappa shape index (κ2) is 11.3. The van der Waals surface area contributed by atoms with E-state index in [1.165, 1.54) is 0 Å². The van der Waals surface area contributed by atoms with Crippen LogP contribution in [0.2, 0.25) is 0 Å². The molecule has 24 heavy (non-hydrogen) atoms. The zero-order valence-corrected chi connectivity index (χ0v) is 15.5. The third-order valence-corrected chi connectivity index (χ3v) is 4.14. The van der Waals surface area contributed by atoms with Gasteiger partial charge in [-0.25, -0.2) is 0 Å². The van der Waals surface area contributed by atoms with Crippen LogP contribution in [-0.4, -0.2) is 49.6 Å². The van der Waals surface area contributed by atoms with Gasteiger partial charge >= 0.3 is 0 Å². The Morgan fingerprint density at radius 3 is 2.67 bits per heavy atom. The van der Waals surface area contributed by atoms with Crippen molar-refractivity contribution in [2.45, 2.75) is 39.2 Å². The van der Waals surface area contributed by atoms with Crippen LogP contribution in [0, 0.1) is 0 Å². The van der Waals surface area contributed by atoms with Gasteiger partial charge in [0.1, 0.15) is 5.75 Å². The molecule has 0 bridgehead atoms. The molecular weight excluding hydrogens is 326 g/mol. The van der Waals surface area contributed by atoms with Gasteiger partial charge in [-0.1, -0.05) is 19.1 Å². The number of hydrogen-bond donors (Lipinski definition) is 2. The van der Waals surface area contributed by atoms with E-state index in [-0.39, 0.29) is 18.3 Å². The number of carbonyl (C=O) groups is 1. The maximum atomic E-state index is 12.5. The number of benzene rings is 1. The van der Waals surface area contributed by atoms with Gasteiger partial charge in [-0.2, -0.15) is 0 Å². The molecule has 1 saturated heterocycles. The van der Waals surface area contributed by atoms with E-state index in [1.54, 1.807) is 0 Å². The molecule has 5 nitrogen and oxygen atoms in total. The highest BCUT2D eigenvalue weighted by Gasteiger charge is 2.22. The molecule has 1 amide bonds. The quantitative estimate of drug-likeness (QED) is 0.752. The number of piperidine rings is 1. The Hall–Kier alpha value is -1.30. The smallest absolute Gasteiger partial charge is 0.238 e. The third-order valence-electron chi connectivity index (χ3n) is 4.14. The molecule has 2 N–H and O–H groups in total. The van der Waals surface area contributed by atoms with Gasteiger partial charge in [-0.15, -0.1) is 12.4 Å². The van der Waals surface area contributed by atoms with Gasteiger partial charge in [0.25, 0.3) is 0 Å². The summed E-state index contributed by atoms with van der Waals surface area (Å²) in [5.41, 5.74) is 0.751. The zero-order valence-electron chi connectivity index (χ0n) is 14.7. The minimum absolute atomic E-state index is 0. The molecule has 1 heterocycles. The number of ether oxygens (including phenoxy) is 1. The lowest BCUT2D eigenvalue weighted by molar-refractivity contribution is -0.118. The van der Waals surface area contributed by atoms with Crippen LogP contribution < -0.4 is 15.4 Å². The fraction of sp³-hybridized carbons (Fsp3) is 0.611. The number of para-hydroxylation sites is 2. The average molecular weight is 356 g/mol. The molecule has 2 rings (SSSR count). The molecule has 6 heteroatoms. The molecule has 0 spiro atoms. The minimum atomic E-state index is 0. The molecular formula is C18H30ClN3O2. The van der Waals surface area contributed by atoms with Gasteiger partial charge in [0, 0.05) is 6.04 Å². The molecule has 0 saturated carbocycles. The lowest BCUT2D eigenvalue weighted by Crippen LogP contribution is -2.46. The third kappa shape index (κ3) is 6.30. The SMILES string of the molecule is CCCN(CC(=O)Nc1ccccc1OCC)C1CCNCC1.Cl. The standard InChI is InChI=1S/C18H29N3O2.ClH/c1-3-13-21(15-9-11-19-12-10-15)14-18(22)20-16-7-5-6-8-17(16)23-4-2;/h5-8,15,19H,3-4,9-14H2,1-2H3,(H,20,22);1H. The first-order valence-electron chi connectivity index (χ1n) is 8.71. The van der Waals surface area contributed by atoms with Gasteiger partial charge in [0.15, 0.2) is 0 Å². The topological polar surface area (TPSA) is 53.6 Å². The summed E-state index contributed by atoms with van der Waals surface area (Å²) in [6.07, 6.45) is 3.29. The summed E-state index contributed by atoms with van der Waals surface area (Å²) in [5.74, 6) is 0.761. The van der Waals surface area contributed by atoms with Crippen molar-refractivity contribution < 1.29 is 9.53 Å². The second-order valence-electron chi connectivity index (χ2n) is 5.93. The summed E-state index contributed by atoms with van der Waals surface area (Å²) in [6, 6.07) is 8.10. The van der Waals surface area contributed by atoms with Crippen LogP contribution in [0.3, 0.4) is 0 Å². The molecule has 1 aromatic carbocycles. The Labute approximate surface area is 151 Å². The molecule has 1 fully saturated rings. The van der Waals surface area contributed by atoms with Crippen LogP contribution in [0.15, 0.2) is 24.3 Å². The maximum absolute atomic E-state index is 12.5. The first-order valence-corrected chi connectivity index (χ1v) is 8.71. The first-order chi connectivity index (χ1) is 11.2. The lowest BCUT2D eigenvalue weighted by Gasteiger charge is -2.34. The number of rotatable bonds is 8. The highest BCUT2D eigenvalue weighted by Crippen LogP contribution is 2.23. The number of nitrogens with one attached hydrogen (secondary N) is 2. The summed E-state index contributed by atoms with van der Waals surface area (Å²) < 4.78 is 5.57. The molecule has 0 unspecified atom stereocenters. The number of amides is 1. The molecule has 0 atom stereocenters. The van der Waals surface area contributed by atoms with Crippen LogP contribution in [0.1, 0.15) is 33.1 Å². The number of carbonyl (C=O) groups excluding carboxylic acids is 1. The number of halogens is 1. The predicted molar refractivity (Wildman–Crippen MR) is 101 cm³/mol. The minimum Gasteiger partial charge on any atom is -0.492 e. The van der Waals surface area contributed by atoms with E-state index in [2.05, 4.69) is 22.5 Å². The molecule has 136 valence electrons. The van der Waals surface area contributed by atoms with Crippen molar-refractivity contribution in [3.05, 3.63) is 24.3 Å². The van der Waals surface area contributed by atoms with E-state index in [0.29, 0.717) is 19.2 Å². The Morgan fingerprint density at radius 2 is 2.00 bits per heavy atom. The van der Waals surface area contributed by atoms with Crippen LogP contribution in [-0.2, 0) is 4.79 Å².